The SMILES string of the molecule is O=c1c2c(n(CCN3CCCC3)c(=O)n1O)CCS2. The van der Waals surface area contributed by atoms with E-state index in [1.165, 1.54) is 24.6 Å². The molecule has 1 fully saturated rings. The van der Waals surface area contributed by atoms with E-state index in [0.717, 1.165) is 37.5 Å². The highest BCUT2D eigenvalue weighted by Gasteiger charge is 2.24. The number of likely N-dealkylation sites (tertiary alicyclic amines) is 1. The molecular formula is C12H17N3O3S. The number of rotatable bonds is 3. The summed E-state index contributed by atoms with van der Waals surface area (Å²) in [6.07, 6.45) is 3.15. The average molecular weight is 283 g/mol. The van der Waals surface area contributed by atoms with Gasteiger partial charge in [-0.3, -0.25) is 9.36 Å². The van der Waals surface area contributed by atoms with Crippen LogP contribution in [0, 0.1) is 0 Å². The van der Waals surface area contributed by atoms with Gasteiger partial charge in [0.2, 0.25) is 0 Å². The van der Waals surface area contributed by atoms with Crippen LogP contribution in [0.25, 0.3) is 0 Å². The van der Waals surface area contributed by atoms with Crippen molar-refractivity contribution in [1.82, 2.24) is 14.2 Å². The average Bonchev–Trinajstić information content (AvgIpc) is 3.06. The molecule has 6 nitrogen and oxygen atoms in total. The second kappa shape index (κ2) is 5.05. The lowest BCUT2D eigenvalue weighted by molar-refractivity contribution is 0.148. The molecule has 0 aromatic carbocycles. The molecule has 3 heterocycles. The molecule has 0 atom stereocenters. The Hall–Kier alpha value is -1.21. The van der Waals surface area contributed by atoms with Crippen molar-refractivity contribution in [2.45, 2.75) is 30.7 Å². The second-order valence-electron chi connectivity index (χ2n) is 4.97. The highest BCUT2D eigenvalue weighted by molar-refractivity contribution is 7.99. The van der Waals surface area contributed by atoms with Crippen LogP contribution in [0.5, 0.6) is 0 Å². The van der Waals surface area contributed by atoms with Crippen molar-refractivity contribution < 1.29 is 5.21 Å². The van der Waals surface area contributed by atoms with E-state index >= 15 is 0 Å². The predicted octanol–water partition coefficient (Wildman–Crippen LogP) is -0.00870. The van der Waals surface area contributed by atoms with Crippen LogP contribution < -0.4 is 11.2 Å². The largest absolute Gasteiger partial charge is 0.421 e. The van der Waals surface area contributed by atoms with E-state index < -0.39 is 11.2 Å². The van der Waals surface area contributed by atoms with Gasteiger partial charge in [-0.05, 0) is 32.4 Å². The zero-order valence-corrected chi connectivity index (χ0v) is 11.5. The first-order chi connectivity index (χ1) is 9.18. The van der Waals surface area contributed by atoms with Crippen LogP contribution in [-0.4, -0.2) is 44.8 Å². The topological polar surface area (TPSA) is 67.5 Å². The number of nitrogens with zero attached hydrogens (tertiary/aromatic N) is 3. The van der Waals surface area contributed by atoms with Gasteiger partial charge in [0, 0.05) is 24.5 Å². The van der Waals surface area contributed by atoms with Gasteiger partial charge in [-0.1, -0.05) is 4.73 Å². The standard InChI is InChI=1S/C12H17N3O3S/c16-11-10-9(3-8-19-10)14(12(17)15(11)18)7-6-13-4-1-2-5-13/h18H,1-8H2. The first-order valence-electron chi connectivity index (χ1n) is 6.61. The molecule has 0 bridgehead atoms. The monoisotopic (exact) mass is 283 g/mol. The Morgan fingerprint density at radius 3 is 2.63 bits per heavy atom. The summed E-state index contributed by atoms with van der Waals surface area (Å²) in [6, 6.07) is 0. The molecule has 0 amide bonds. The van der Waals surface area contributed by atoms with Crippen LogP contribution in [0.4, 0.5) is 0 Å². The number of fused-ring (bicyclic) bond motifs is 1. The van der Waals surface area contributed by atoms with Gasteiger partial charge in [0.25, 0.3) is 0 Å². The molecule has 0 saturated carbocycles. The summed E-state index contributed by atoms with van der Waals surface area (Å²) in [5.41, 5.74) is -0.380. The van der Waals surface area contributed by atoms with Crippen molar-refractivity contribution in [3.05, 3.63) is 26.5 Å². The van der Waals surface area contributed by atoms with Gasteiger partial charge in [0.05, 0.1) is 4.90 Å². The summed E-state index contributed by atoms with van der Waals surface area (Å²) in [5.74, 6) is 0.803. The van der Waals surface area contributed by atoms with Crippen LogP contribution >= 0.6 is 11.8 Å². The van der Waals surface area contributed by atoms with Crippen molar-refractivity contribution in [2.75, 3.05) is 25.4 Å². The minimum Gasteiger partial charge on any atom is -0.421 e. The minimum absolute atomic E-state index is 0.251. The highest BCUT2D eigenvalue weighted by Crippen LogP contribution is 2.26. The third-order valence-corrected chi connectivity index (χ3v) is 4.92. The van der Waals surface area contributed by atoms with Crippen molar-refractivity contribution in [2.24, 2.45) is 0 Å². The normalized spacial score (nSPS) is 18.9. The molecule has 7 heteroatoms. The lowest BCUT2D eigenvalue weighted by Gasteiger charge is -2.17. The zero-order valence-electron chi connectivity index (χ0n) is 10.7. The summed E-state index contributed by atoms with van der Waals surface area (Å²) in [5, 5.41) is 9.59. The van der Waals surface area contributed by atoms with Gasteiger partial charge in [0.1, 0.15) is 0 Å². The van der Waals surface area contributed by atoms with Gasteiger partial charge in [-0.25, -0.2) is 4.79 Å². The van der Waals surface area contributed by atoms with Crippen molar-refractivity contribution >= 4 is 11.8 Å². The first kappa shape index (κ1) is 12.8. The van der Waals surface area contributed by atoms with Gasteiger partial charge >= 0.3 is 11.2 Å². The fourth-order valence-electron chi connectivity index (χ4n) is 2.78. The molecule has 1 saturated heterocycles. The maximum atomic E-state index is 12.0. The Kier molecular flexibility index (Phi) is 3.40. The van der Waals surface area contributed by atoms with E-state index in [4.69, 9.17) is 0 Å². The zero-order chi connectivity index (χ0) is 13.4. The number of hydrogen-bond acceptors (Lipinski definition) is 5. The van der Waals surface area contributed by atoms with Crippen molar-refractivity contribution in [1.29, 1.82) is 0 Å². The van der Waals surface area contributed by atoms with Crippen LogP contribution in [0.3, 0.4) is 0 Å². The molecule has 0 radical (unpaired) electrons. The van der Waals surface area contributed by atoms with E-state index in [1.807, 2.05) is 0 Å². The maximum Gasteiger partial charge on any atom is 0.364 e. The molecule has 19 heavy (non-hydrogen) atoms. The van der Waals surface area contributed by atoms with E-state index in [1.54, 1.807) is 4.57 Å². The van der Waals surface area contributed by atoms with Crippen molar-refractivity contribution in [3.8, 4) is 0 Å². The molecule has 3 rings (SSSR count). The number of aromatic nitrogens is 2. The molecule has 0 unspecified atom stereocenters. The minimum atomic E-state index is -0.606. The Labute approximate surface area is 114 Å². The third kappa shape index (κ3) is 2.21. The highest BCUT2D eigenvalue weighted by atomic mass is 32.2. The van der Waals surface area contributed by atoms with Crippen LogP contribution in [0.1, 0.15) is 18.5 Å². The van der Waals surface area contributed by atoms with Crippen LogP contribution in [-0.2, 0) is 13.0 Å². The molecule has 1 aromatic heterocycles. The molecule has 2 aliphatic heterocycles. The Morgan fingerprint density at radius 2 is 1.89 bits per heavy atom. The maximum absolute atomic E-state index is 12.0. The van der Waals surface area contributed by atoms with Crippen LogP contribution in [0.2, 0.25) is 0 Å². The smallest absolute Gasteiger partial charge is 0.364 e. The predicted molar refractivity (Wildman–Crippen MR) is 72.2 cm³/mol. The molecule has 0 spiro atoms. The lowest BCUT2D eigenvalue weighted by atomic mass is 10.3. The van der Waals surface area contributed by atoms with Gasteiger partial charge in [-0.2, -0.15) is 0 Å². The van der Waals surface area contributed by atoms with Crippen molar-refractivity contribution in [3.63, 3.8) is 0 Å². The van der Waals surface area contributed by atoms with Gasteiger partial charge < -0.3 is 10.1 Å². The second-order valence-corrected chi connectivity index (χ2v) is 6.08. The number of hydrogen-bond donors (Lipinski definition) is 1. The van der Waals surface area contributed by atoms with E-state index in [-0.39, 0.29) is 4.73 Å². The van der Waals surface area contributed by atoms with E-state index in [0.29, 0.717) is 11.4 Å². The molecule has 1 aromatic rings. The molecule has 104 valence electrons. The summed E-state index contributed by atoms with van der Waals surface area (Å²) in [6.45, 7) is 3.49. The molecule has 0 aliphatic carbocycles. The van der Waals surface area contributed by atoms with Gasteiger partial charge in [-0.15, -0.1) is 11.8 Å². The van der Waals surface area contributed by atoms with E-state index in [2.05, 4.69) is 4.90 Å². The fraction of sp³-hybridized carbons (Fsp3) is 0.667. The Balaban J connectivity index is 1.92. The Morgan fingerprint density at radius 1 is 1.16 bits per heavy atom. The van der Waals surface area contributed by atoms with Gasteiger partial charge in [0.15, 0.2) is 0 Å². The number of thioether (sulfide) groups is 1. The third-order valence-electron chi connectivity index (χ3n) is 3.81. The quantitative estimate of drug-likeness (QED) is 0.790. The molecular weight excluding hydrogens is 266 g/mol. The lowest BCUT2D eigenvalue weighted by Crippen LogP contribution is -2.42. The summed E-state index contributed by atoms with van der Waals surface area (Å²) in [7, 11) is 0. The van der Waals surface area contributed by atoms with E-state index in [9.17, 15) is 14.8 Å². The molecule has 2 aliphatic rings. The summed E-state index contributed by atoms with van der Waals surface area (Å²) >= 11 is 1.42. The van der Waals surface area contributed by atoms with Crippen LogP contribution in [0.15, 0.2) is 14.5 Å². The molecule has 1 N–H and O–H groups in total. The fourth-order valence-corrected chi connectivity index (χ4v) is 3.87. The summed E-state index contributed by atoms with van der Waals surface area (Å²) in [4.78, 5) is 26.6. The first-order valence-corrected chi connectivity index (χ1v) is 7.60. The Bertz CT molecular complexity index is 601. The summed E-state index contributed by atoms with van der Waals surface area (Å²) < 4.78 is 1.82.